The van der Waals surface area contributed by atoms with E-state index in [1.54, 1.807) is 0 Å². The third kappa shape index (κ3) is 3.10. The average Bonchev–Trinajstić information content (AvgIpc) is 2.15. The van der Waals surface area contributed by atoms with Gasteiger partial charge in [-0.05, 0) is 46.5 Å². The van der Waals surface area contributed by atoms with Crippen LogP contribution in [0.25, 0.3) is 0 Å². The van der Waals surface area contributed by atoms with E-state index >= 15 is 0 Å². The Labute approximate surface area is 86.2 Å². The van der Waals surface area contributed by atoms with Gasteiger partial charge in [-0.15, -0.1) is 0 Å². The molecule has 0 aromatic carbocycles. The van der Waals surface area contributed by atoms with Crippen molar-refractivity contribution in [3.8, 4) is 6.07 Å². The van der Waals surface area contributed by atoms with Crippen molar-refractivity contribution < 1.29 is 0 Å². The van der Waals surface area contributed by atoms with Gasteiger partial charge >= 0.3 is 0 Å². The fraction of sp³-hybridized carbons (Fsp3) is 0.909. The van der Waals surface area contributed by atoms with Gasteiger partial charge in [0.25, 0.3) is 0 Å². The molecule has 0 radical (unpaired) electrons. The van der Waals surface area contributed by atoms with Crippen LogP contribution in [0.4, 0.5) is 0 Å². The summed E-state index contributed by atoms with van der Waals surface area (Å²) in [5.41, 5.74) is -0.674. The molecule has 0 aromatic heterocycles. The first-order valence-corrected chi connectivity index (χ1v) is 5.33. The zero-order valence-corrected chi connectivity index (χ0v) is 9.38. The number of hydrogen-bond donors (Lipinski definition) is 0. The molecule has 14 heavy (non-hydrogen) atoms. The van der Waals surface area contributed by atoms with E-state index in [4.69, 9.17) is 5.26 Å². The molecule has 0 aliphatic heterocycles. The highest BCUT2D eigenvalue weighted by Gasteiger charge is 2.32. The first-order chi connectivity index (χ1) is 6.47. The maximum absolute atomic E-state index is 9.13. The maximum Gasteiger partial charge on any atom is 0.167 e. The van der Waals surface area contributed by atoms with Crippen molar-refractivity contribution in [2.24, 2.45) is 10.2 Å². The second kappa shape index (κ2) is 4.08. The highest BCUT2D eigenvalue weighted by Crippen LogP contribution is 2.32. The largest absolute Gasteiger partial charge is 0.196 e. The lowest BCUT2D eigenvalue weighted by atomic mass is 9.84. The molecule has 3 nitrogen and oxygen atoms in total. The first-order valence-electron chi connectivity index (χ1n) is 5.33. The van der Waals surface area contributed by atoms with Crippen LogP contribution in [0.3, 0.4) is 0 Å². The van der Waals surface area contributed by atoms with Gasteiger partial charge in [-0.2, -0.15) is 15.5 Å². The predicted molar refractivity (Wildman–Crippen MR) is 56.0 cm³/mol. The Balaban J connectivity index is 2.71. The van der Waals surface area contributed by atoms with Crippen molar-refractivity contribution >= 4 is 0 Å². The van der Waals surface area contributed by atoms with Crippen LogP contribution in [-0.4, -0.2) is 11.1 Å². The van der Waals surface area contributed by atoms with Gasteiger partial charge < -0.3 is 0 Å². The summed E-state index contributed by atoms with van der Waals surface area (Å²) in [4.78, 5) is 0. The Kier molecular flexibility index (Phi) is 3.25. The van der Waals surface area contributed by atoms with E-state index < -0.39 is 5.54 Å². The monoisotopic (exact) mass is 193 g/mol. The molecule has 0 bridgehead atoms. The van der Waals surface area contributed by atoms with Crippen LogP contribution in [0.1, 0.15) is 52.9 Å². The molecule has 0 unspecified atom stereocenters. The topological polar surface area (TPSA) is 48.5 Å². The van der Waals surface area contributed by atoms with Crippen LogP contribution in [0, 0.1) is 11.3 Å². The van der Waals surface area contributed by atoms with Gasteiger partial charge in [-0.25, -0.2) is 0 Å². The van der Waals surface area contributed by atoms with Gasteiger partial charge in [0.2, 0.25) is 0 Å². The van der Waals surface area contributed by atoms with Crippen LogP contribution >= 0.6 is 0 Å². The number of rotatable bonds is 1. The smallest absolute Gasteiger partial charge is 0.167 e. The predicted octanol–water partition coefficient (Wildman–Crippen LogP) is 3.46. The second-order valence-corrected chi connectivity index (χ2v) is 5.07. The first kappa shape index (κ1) is 11.2. The molecule has 78 valence electrons. The average molecular weight is 193 g/mol. The van der Waals surface area contributed by atoms with E-state index in [0.29, 0.717) is 0 Å². The molecular weight excluding hydrogens is 174 g/mol. The Hall–Kier alpha value is -0.910. The molecule has 1 rings (SSSR count). The molecule has 1 aliphatic rings. The summed E-state index contributed by atoms with van der Waals surface area (Å²) in [7, 11) is 0. The van der Waals surface area contributed by atoms with Crippen molar-refractivity contribution in [1.82, 2.24) is 0 Å². The van der Waals surface area contributed by atoms with Gasteiger partial charge in [0, 0.05) is 0 Å². The van der Waals surface area contributed by atoms with Crippen molar-refractivity contribution in [2.45, 2.75) is 64.0 Å². The molecule has 1 aliphatic carbocycles. The van der Waals surface area contributed by atoms with E-state index in [0.717, 1.165) is 25.7 Å². The van der Waals surface area contributed by atoms with Gasteiger partial charge in [0.1, 0.15) is 0 Å². The molecule has 0 atom stereocenters. The molecule has 0 spiro atoms. The lowest BCUT2D eigenvalue weighted by Crippen LogP contribution is -2.27. The molecule has 0 saturated heterocycles. The van der Waals surface area contributed by atoms with Crippen LogP contribution in [0.2, 0.25) is 0 Å². The molecule has 0 N–H and O–H groups in total. The van der Waals surface area contributed by atoms with E-state index in [-0.39, 0.29) is 5.54 Å². The Morgan fingerprint density at radius 2 is 1.71 bits per heavy atom. The second-order valence-electron chi connectivity index (χ2n) is 5.07. The lowest BCUT2D eigenvalue weighted by Gasteiger charge is -2.26. The highest BCUT2D eigenvalue weighted by molar-refractivity contribution is 5.08. The zero-order valence-electron chi connectivity index (χ0n) is 9.38. The SMILES string of the molecule is CC(C)(C)N=NC1(C#N)CCCCC1. The van der Waals surface area contributed by atoms with E-state index in [9.17, 15) is 0 Å². The van der Waals surface area contributed by atoms with Gasteiger partial charge in [0.05, 0.1) is 11.6 Å². The minimum atomic E-state index is -0.508. The standard InChI is InChI=1S/C11H19N3/c1-10(2,3)13-14-11(9-12)7-5-4-6-8-11/h4-8H2,1-3H3. The highest BCUT2D eigenvalue weighted by atomic mass is 15.2. The van der Waals surface area contributed by atoms with Gasteiger partial charge in [-0.1, -0.05) is 6.42 Å². The van der Waals surface area contributed by atoms with E-state index in [1.807, 2.05) is 20.8 Å². The Bertz CT molecular complexity index is 249. The summed E-state index contributed by atoms with van der Waals surface area (Å²) >= 11 is 0. The summed E-state index contributed by atoms with van der Waals surface area (Å²) in [5.74, 6) is 0. The minimum absolute atomic E-state index is 0.165. The summed E-state index contributed by atoms with van der Waals surface area (Å²) < 4.78 is 0. The summed E-state index contributed by atoms with van der Waals surface area (Å²) in [6, 6.07) is 2.33. The van der Waals surface area contributed by atoms with Crippen molar-refractivity contribution in [3.05, 3.63) is 0 Å². The fourth-order valence-electron chi connectivity index (χ4n) is 1.62. The molecule has 1 saturated carbocycles. The maximum atomic E-state index is 9.13. The summed E-state index contributed by atoms with van der Waals surface area (Å²) in [6.45, 7) is 6.01. The molecule has 3 heteroatoms. The molecule has 0 heterocycles. The molecule has 1 fully saturated rings. The number of azo groups is 1. The number of nitriles is 1. The number of nitrogens with zero attached hydrogens (tertiary/aromatic N) is 3. The lowest BCUT2D eigenvalue weighted by molar-refractivity contribution is 0.341. The summed E-state index contributed by atoms with van der Waals surface area (Å²) in [5, 5.41) is 17.6. The molecular formula is C11H19N3. The van der Waals surface area contributed by atoms with Crippen molar-refractivity contribution in [2.75, 3.05) is 0 Å². The van der Waals surface area contributed by atoms with Gasteiger partial charge in [-0.3, -0.25) is 0 Å². The molecule has 0 aromatic rings. The van der Waals surface area contributed by atoms with Crippen LogP contribution < -0.4 is 0 Å². The van der Waals surface area contributed by atoms with Crippen LogP contribution in [0.5, 0.6) is 0 Å². The van der Waals surface area contributed by atoms with Crippen molar-refractivity contribution in [1.29, 1.82) is 5.26 Å². The van der Waals surface area contributed by atoms with Crippen LogP contribution in [-0.2, 0) is 0 Å². The third-order valence-corrected chi connectivity index (χ3v) is 2.43. The number of hydrogen-bond acceptors (Lipinski definition) is 3. The molecule has 0 amide bonds. The quantitative estimate of drug-likeness (QED) is 0.588. The normalized spacial score (nSPS) is 22.1. The van der Waals surface area contributed by atoms with Crippen molar-refractivity contribution in [3.63, 3.8) is 0 Å². The van der Waals surface area contributed by atoms with E-state index in [2.05, 4.69) is 16.3 Å². The Morgan fingerprint density at radius 1 is 1.14 bits per heavy atom. The Morgan fingerprint density at radius 3 is 2.14 bits per heavy atom. The zero-order chi connectivity index (χ0) is 10.7. The minimum Gasteiger partial charge on any atom is -0.196 e. The van der Waals surface area contributed by atoms with Crippen LogP contribution in [0.15, 0.2) is 10.2 Å². The summed E-state index contributed by atoms with van der Waals surface area (Å²) in [6.07, 6.45) is 5.20. The fourth-order valence-corrected chi connectivity index (χ4v) is 1.62. The van der Waals surface area contributed by atoms with Gasteiger partial charge in [0.15, 0.2) is 5.54 Å². The third-order valence-electron chi connectivity index (χ3n) is 2.43. The van der Waals surface area contributed by atoms with E-state index in [1.165, 1.54) is 6.42 Å².